The zero-order valence-electron chi connectivity index (χ0n) is 26.5. The Morgan fingerprint density at radius 2 is 0.837 bits per heavy atom. The highest BCUT2D eigenvalue weighted by atomic mass is 16.5. The third-order valence-electron chi connectivity index (χ3n) is 10.0. The number of rotatable bonds is 8. The second kappa shape index (κ2) is 12.6. The van der Waals surface area contributed by atoms with Gasteiger partial charge in [0.05, 0.1) is 12.2 Å². The largest absolute Gasteiger partial charge is 0.371 e. The lowest BCUT2D eigenvalue weighted by atomic mass is 9.78. The van der Waals surface area contributed by atoms with Crippen LogP contribution in [0.5, 0.6) is 0 Å². The second-order valence-corrected chi connectivity index (χ2v) is 13.6. The Morgan fingerprint density at radius 3 is 1.21 bits per heavy atom. The van der Waals surface area contributed by atoms with Crippen LogP contribution in [0.25, 0.3) is 0 Å². The van der Waals surface area contributed by atoms with Crippen molar-refractivity contribution in [2.75, 3.05) is 36.0 Å². The van der Waals surface area contributed by atoms with E-state index < -0.39 is 0 Å². The molecule has 224 valence electrons. The molecule has 0 bridgehead atoms. The number of piperidine rings is 2. The molecule has 6 rings (SSSR count). The van der Waals surface area contributed by atoms with E-state index in [4.69, 9.17) is 4.74 Å². The van der Waals surface area contributed by atoms with Crippen LogP contribution in [0.1, 0.15) is 75.6 Å². The summed E-state index contributed by atoms with van der Waals surface area (Å²) < 4.78 is 6.82. The maximum absolute atomic E-state index is 6.82. The Hall–Kier alpha value is -3.56. The van der Waals surface area contributed by atoms with Gasteiger partial charge < -0.3 is 14.5 Å². The van der Waals surface area contributed by atoms with Crippen molar-refractivity contribution >= 4 is 11.4 Å². The lowest BCUT2D eigenvalue weighted by Crippen LogP contribution is -2.46. The molecule has 2 fully saturated rings. The molecule has 0 amide bonds. The summed E-state index contributed by atoms with van der Waals surface area (Å²) >= 11 is 0. The van der Waals surface area contributed by atoms with Gasteiger partial charge in [0.25, 0.3) is 0 Å². The third kappa shape index (κ3) is 6.53. The van der Waals surface area contributed by atoms with Gasteiger partial charge in [0.15, 0.2) is 0 Å². The minimum atomic E-state index is -0.0153. The van der Waals surface area contributed by atoms with Gasteiger partial charge in [-0.15, -0.1) is 0 Å². The molecule has 2 atom stereocenters. The summed E-state index contributed by atoms with van der Waals surface area (Å²) in [6.45, 7) is 13.4. The second-order valence-electron chi connectivity index (χ2n) is 13.6. The quantitative estimate of drug-likeness (QED) is 0.210. The van der Waals surface area contributed by atoms with Crippen LogP contribution < -0.4 is 9.80 Å². The fourth-order valence-corrected chi connectivity index (χ4v) is 7.06. The van der Waals surface area contributed by atoms with Crippen molar-refractivity contribution in [2.45, 2.75) is 76.4 Å². The van der Waals surface area contributed by atoms with Gasteiger partial charge in [0.2, 0.25) is 0 Å². The van der Waals surface area contributed by atoms with E-state index in [-0.39, 0.29) is 23.0 Å². The zero-order valence-corrected chi connectivity index (χ0v) is 26.5. The van der Waals surface area contributed by atoms with Gasteiger partial charge in [0, 0.05) is 48.4 Å². The molecule has 3 heteroatoms. The molecule has 2 saturated heterocycles. The van der Waals surface area contributed by atoms with E-state index in [1.54, 1.807) is 0 Å². The number of nitrogens with zero attached hydrogens (tertiary/aromatic N) is 2. The number of anilines is 2. The Balaban J connectivity index is 1.06. The number of hydrogen-bond donors (Lipinski definition) is 0. The normalized spacial score (nSPS) is 19.8. The average molecular weight is 573 g/mol. The average Bonchev–Trinajstić information content (AvgIpc) is 3.06. The molecule has 43 heavy (non-hydrogen) atoms. The molecule has 2 aliphatic rings. The van der Waals surface area contributed by atoms with Gasteiger partial charge in [-0.2, -0.15) is 0 Å². The Morgan fingerprint density at radius 1 is 0.488 bits per heavy atom. The molecular weight excluding hydrogens is 524 g/mol. The minimum absolute atomic E-state index is 0.0153. The summed E-state index contributed by atoms with van der Waals surface area (Å²) in [4.78, 5) is 5.06. The van der Waals surface area contributed by atoms with E-state index >= 15 is 0 Å². The molecule has 0 radical (unpaired) electrons. The predicted molar refractivity (Wildman–Crippen MR) is 182 cm³/mol. The highest BCUT2D eigenvalue weighted by Crippen LogP contribution is 2.35. The van der Waals surface area contributed by atoms with Gasteiger partial charge >= 0.3 is 0 Å². The SMILES string of the molecule is CC(C)(c1ccccc1)c1ccc(N2CCCC(OC3CCCN(c4ccc(C(C)(C)c5ccccc5)cc4)C3)C2)cc1. The minimum Gasteiger partial charge on any atom is -0.371 e. The van der Waals surface area contributed by atoms with E-state index in [0.717, 1.165) is 39.0 Å². The molecule has 4 aromatic carbocycles. The van der Waals surface area contributed by atoms with Gasteiger partial charge in [-0.05, 0) is 72.2 Å². The van der Waals surface area contributed by atoms with Crippen molar-refractivity contribution in [1.29, 1.82) is 0 Å². The van der Waals surface area contributed by atoms with Crippen LogP contribution in [-0.2, 0) is 15.6 Å². The van der Waals surface area contributed by atoms with Crippen molar-refractivity contribution in [3.05, 3.63) is 131 Å². The molecule has 2 aliphatic heterocycles. The smallest absolute Gasteiger partial charge is 0.0755 e. The fraction of sp³-hybridized carbons (Fsp3) is 0.400. The third-order valence-corrected chi connectivity index (χ3v) is 10.0. The predicted octanol–water partition coefficient (Wildman–Crippen LogP) is 8.99. The fourth-order valence-electron chi connectivity index (χ4n) is 7.06. The summed E-state index contributed by atoms with van der Waals surface area (Å²) in [5.74, 6) is 0. The maximum Gasteiger partial charge on any atom is 0.0755 e. The number of ether oxygens (including phenoxy) is 1. The molecule has 0 spiro atoms. The summed E-state index contributed by atoms with van der Waals surface area (Å²) in [6, 6.07) is 40.2. The van der Waals surface area contributed by atoms with Crippen LogP contribution >= 0.6 is 0 Å². The van der Waals surface area contributed by atoms with Crippen molar-refractivity contribution in [2.24, 2.45) is 0 Å². The summed E-state index contributed by atoms with van der Waals surface area (Å²) in [6.07, 6.45) is 5.22. The molecular formula is C40H48N2O. The van der Waals surface area contributed by atoms with Crippen LogP contribution in [0.2, 0.25) is 0 Å². The molecule has 0 aliphatic carbocycles. The molecule has 4 aromatic rings. The molecule has 0 aromatic heterocycles. The van der Waals surface area contributed by atoms with E-state index in [1.165, 1.54) is 46.5 Å². The first-order valence-electron chi connectivity index (χ1n) is 16.3. The standard InChI is InChI=1S/C40H48N2O/c1-39(2,31-13-7-5-8-14-31)33-19-23-35(24-20-33)41-27-11-17-37(29-41)43-38-18-12-28-42(30-38)36-25-21-34(22-26-36)40(3,4)32-15-9-6-10-16-32/h5-10,13-16,19-26,37-38H,11-12,17-18,27-30H2,1-4H3. The Labute approximate surface area is 259 Å². The lowest BCUT2D eigenvalue weighted by molar-refractivity contribution is -0.0235. The van der Waals surface area contributed by atoms with Crippen LogP contribution in [0, 0.1) is 0 Å². The lowest BCUT2D eigenvalue weighted by Gasteiger charge is -2.40. The number of benzene rings is 4. The summed E-state index contributed by atoms with van der Waals surface area (Å²) in [5.41, 5.74) is 7.99. The molecule has 2 unspecified atom stereocenters. The van der Waals surface area contributed by atoms with E-state index in [9.17, 15) is 0 Å². The zero-order chi connectivity index (χ0) is 29.9. The molecule has 0 N–H and O–H groups in total. The van der Waals surface area contributed by atoms with Crippen molar-refractivity contribution in [1.82, 2.24) is 0 Å². The highest BCUT2D eigenvalue weighted by molar-refractivity contribution is 5.52. The van der Waals surface area contributed by atoms with Gasteiger partial charge in [-0.3, -0.25) is 0 Å². The van der Waals surface area contributed by atoms with Crippen LogP contribution in [0.15, 0.2) is 109 Å². The van der Waals surface area contributed by atoms with E-state index in [0.29, 0.717) is 0 Å². The van der Waals surface area contributed by atoms with Crippen LogP contribution in [-0.4, -0.2) is 38.4 Å². The van der Waals surface area contributed by atoms with Crippen molar-refractivity contribution < 1.29 is 4.74 Å². The number of hydrogen-bond acceptors (Lipinski definition) is 3. The highest BCUT2D eigenvalue weighted by Gasteiger charge is 2.29. The monoisotopic (exact) mass is 572 g/mol. The van der Waals surface area contributed by atoms with Crippen molar-refractivity contribution in [3.63, 3.8) is 0 Å². The van der Waals surface area contributed by atoms with Crippen LogP contribution in [0.4, 0.5) is 11.4 Å². The van der Waals surface area contributed by atoms with Gasteiger partial charge in [-0.25, -0.2) is 0 Å². The van der Waals surface area contributed by atoms with E-state index in [1.807, 2.05) is 0 Å². The maximum atomic E-state index is 6.82. The topological polar surface area (TPSA) is 15.7 Å². The summed E-state index contributed by atoms with van der Waals surface area (Å²) in [7, 11) is 0. The molecule has 2 heterocycles. The van der Waals surface area contributed by atoms with Crippen molar-refractivity contribution in [3.8, 4) is 0 Å². The summed E-state index contributed by atoms with van der Waals surface area (Å²) in [5, 5.41) is 0. The first kappa shape index (κ1) is 29.5. The molecule has 3 nitrogen and oxygen atoms in total. The van der Waals surface area contributed by atoms with Gasteiger partial charge in [0.1, 0.15) is 0 Å². The first-order valence-corrected chi connectivity index (χ1v) is 16.3. The Bertz CT molecular complexity index is 1330. The van der Waals surface area contributed by atoms with E-state index in [2.05, 4.69) is 147 Å². The Kier molecular flexibility index (Phi) is 8.63. The first-order chi connectivity index (χ1) is 20.8. The van der Waals surface area contributed by atoms with Crippen LogP contribution in [0.3, 0.4) is 0 Å². The van der Waals surface area contributed by atoms with Gasteiger partial charge in [-0.1, -0.05) is 113 Å². The molecule has 0 saturated carbocycles.